The Balaban J connectivity index is 3.10. The zero-order valence-electron chi connectivity index (χ0n) is 14.4. The number of carbonyl (C=O) groups is 3. The summed E-state index contributed by atoms with van der Waals surface area (Å²) in [6.07, 6.45) is -7.22. The topological polar surface area (TPSA) is 141 Å². The first-order valence-corrected chi connectivity index (χ1v) is 8.60. The maximum absolute atomic E-state index is 11.5. The fraction of sp³-hybridized carbons (Fsp3) is 0.714. The van der Waals surface area contributed by atoms with Crippen LogP contribution in [0.25, 0.3) is 0 Å². The van der Waals surface area contributed by atoms with E-state index in [4.69, 9.17) is 63.9 Å². The van der Waals surface area contributed by atoms with Crippen molar-refractivity contribution in [1.29, 1.82) is 5.41 Å². The molecule has 0 aromatic rings. The Morgan fingerprint density at radius 3 is 1.85 bits per heavy atom. The summed E-state index contributed by atoms with van der Waals surface area (Å²) in [6.45, 7) is 2.71. The Morgan fingerprint density at radius 1 is 0.963 bits per heavy atom. The molecule has 1 fully saturated rings. The summed E-state index contributed by atoms with van der Waals surface area (Å²) >= 11 is 16.5. The number of aliphatic hydroxyl groups is 1. The smallest absolute Gasteiger partial charge is 0.303 e. The summed E-state index contributed by atoms with van der Waals surface area (Å²) in [5.41, 5.74) is 0. The monoisotopic (exact) mass is 449 g/mol. The van der Waals surface area contributed by atoms with E-state index in [0.29, 0.717) is 0 Å². The van der Waals surface area contributed by atoms with Crippen LogP contribution in [0.3, 0.4) is 0 Å². The molecular formula is C14H18Cl3NO9. The minimum Gasteiger partial charge on any atom is -0.475 e. The standard InChI is InChI=1S/C14H18Cl3NO9/c1-5(19)24-9-8(4-23-13(18)14(15,16)17)27-12(22)11(26-7(3)21)10(9)25-6(2)20/h8-12,18,22H,4H2,1-3H3/t8-,9+,10+,11-,12?/m1/s1. The van der Waals surface area contributed by atoms with Crippen molar-refractivity contribution in [3.8, 4) is 0 Å². The van der Waals surface area contributed by atoms with Crippen LogP contribution in [0.1, 0.15) is 20.8 Å². The van der Waals surface area contributed by atoms with E-state index in [1.165, 1.54) is 0 Å². The van der Waals surface area contributed by atoms with Gasteiger partial charge in [-0.1, -0.05) is 34.8 Å². The highest BCUT2D eigenvalue weighted by Crippen LogP contribution is 2.30. The van der Waals surface area contributed by atoms with E-state index in [1.807, 2.05) is 0 Å². The van der Waals surface area contributed by atoms with E-state index in [2.05, 4.69) is 0 Å². The fourth-order valence-corrected chi connectivity index (χ4v) is 2.42. The van der Waals surface area contributed by atoms with Gasteiger partial charge in [0.1, 0.15) is 12.7 Å². The van der Waals surface area contributed by atoms with Crippen molar-refractivity contribution < 1.29 is 43.2 Å². The number of halogens is 3. The lowest BCUT2D eigenvalue weighted by Gasteiger charge is -2.42. The Kier molecular flexibility index (Phi) is 8.55. The van der Waals surface area contributed by atoms with Crippen molar-refractivity contribution in [3.63, 3.8) is 0 Å². The number of aliphatic hydroxyl groups excluding tert-OH is 1. The minimum absolute atomic E-state index is 0.508. The third-order valence-corrected chi connectivity index (χ3v) is 3.68. The van der Waals surface area contributed by atoms with E-state index in [9.17, 15) is 19.5 Å². The van der Waals surface area contributed by atoms with Crippen molar-refractivity contribution >= 4 is 58.6 Å². The van der Waals surface area contributed by atoms with Gasteiger partial charge in [-0.3, -0.25) is 19.8 Å². The van der Waals surface area contributed by atoms with Gasteiger partial charge in [-0.15, -0.1) is 0 Å². The fourth-order valence-electron chi connectivity index (χ4n) is 2.25. The molecule has 1 unspecified atom stereocenters. The number of hydrogen-bond acceptors (Lipinski definition) is 10. The predicted octanol–water partition coefficient (Wildman–Crippen LogP) is 0.863. The molecule has 0 saturated carbocycles. The summed E-state index contributed by atoms with van der Waals surface area (Å²) in [7, 11) is 0. The number of alkyl halides is 3. The Bertz CT molecular complexity index is 595. The molecule has 5 atom stereocenters. The number of carbonyl (C=O) groups excluding carboxylic acids is 3. The van der Waals surface area contributed by atoms with Crippen LogP contribution >= 0.6 is 34.8 Å². The van der Waals surface area contributed by atoms with Crippen LogP contribution in [0.5, 0.6) is 0 Å². The zero-order valence-corrected chi connectivity index (χ0v) is 16.7. The van der Waals surface area contributed by atoms with E-state index in [-0.39, 0.29) is 0 Å². The third kappa shape index (κ3) is 7.30. The second kappa shape index (κ2) is 9.74. The van der Waals surface area contributed by atoms with E-state index in [0.717, 1.165) is 20.8 Å². The minimum atomic E-state index is -2.15. The first-order valence-electron chi connectivity index (χ1n) is 7.46. The van der Waals surface area contributed by atoms with Gasteiger partial charge in [0.15, 0.2) is 24.6 Å². The summed E-state index contributed by atoms with van der Waals surface area (Å²) in [5, 5.41) is 17.6. The molecule has 0 bridgehead atoms. The first kappa shape index (κ1) is 23.7. The van der Waals surface area contributed by atoms with Gasteiger partial charge in [0.05, 0.1) is 0 Å². The van der Waals surface area contributed by atoms with Crippen LogP contribution in [0.2, 0.25) is 0 Å². The van der Waals surface area contributed by atoms with Gasteiger partial charge < -0.3 is 28.8 Å². The van der Waals surface area contributed by atoms with E-state index >= 15 is 0 Å². The molecule has 1 aliphatic heterocycles. The molecule has 0 radical (unpaired) electrons. The second-order valence-electron chi connectivity index (χ2n) is 5.43. The Hall–Kier alpha value is -1.33. The Labute approximate surface area is 169 Å². The van der Waals surface area contributed by atoms with Crippen LogP contribution in [0.4, 0.5) is 0 Å². The number of ether oxygens (including phenoxy) is 5. The molecule has 1 saturated heterocycles. The van der Waals surface area contributed by atoms with Gasteiger partial charge in [0.2, 0.25) is 5.90 Å². The average molecular weight is 451 g/mol. The summed E-state index contributed by atoms with van der Waals surface area (Å²) in [6, 6.07) is 0. The normalized spacial score (nSPS) is 28.0. The van der Waals surface area contributed by atoms with Crippen LogP contribution < -0.4 is 0 Å². The van der Waals surface area contributed by atoms with Gasteiger partial charge in [-0.2, -0.15) is 0 Å². The van der Waals surface area contributed by atoms with Gasteiger partial charge in [0, 0.05) is 20.8 Å². The molecule has 0 aliphatic carbocycles. The summed E-state index contributed by atoms with van der Waals surface area (Å²) in [5.74, 6) is -3.12. The first-order chi connectivity index (χ1) is 12.3. The van der Waals surface area contributed by atoms with E-state index in [1.54, 1.807) is 0 Å². The van der Waals surface area contributed by atoms with Crippen molar-refractivity contribution in [2.75, 3.05) is 6.61 Å². The molecule has 0 amide bonds. The van der Waals surface area contributed by atoms with Crippen LogP contribution in [0.15, 0.2) is 0 Å². The molecule has 0 aromatic carbocycles. The number of rotatable bonds is 5. The van der Waals surface area contributed by atoms with Crippen LogP contribution in [-0.2, 0) is 38.1 Å². The SMILES string of the molecule is CC(=O)O[C@@H]1[C@H](OC(C)=O)[C@@H](OC(C)=O)C(O)O[C@@H]1COC(=N)C(Cl)(Cl)Cl. The third-order valence-electron chi connectivity index (χ3n) is 3.16. The molecule has 0 spiro atoms. The average Bonchev–Trinajstić information content (AvgIpc) is 2.49. The van der Waals surface area contributed by atoms with Crippen molar-refractivity contribution in [3.05, 3.63) is 0 Å². The highest BCUT2D eigenvalue weighted by atomic mass is 35.6. The highest BCUT2D eigenvalue weighted by Gasteiger charge is 2.51. The summed E-state index contributed by atoms with van der Waals surface area (Å²) < 4.78 is 23.2. The molecule has 27 heavy (non-hydrogen) atoms. The lowest BCUT2D eigenvalue weighted by molar-refractivity contribution is -0.294. The lowest BCUT2D eigenvalue weighted by Crippen LogP contribution is -2.62. The molecular weight excluding hydrogens is 433 g/mol. The predicted molar refractivity (Wildman–Crippen MR) is 91.5 cm³/mol. The second-order valence-corrected chi connectivity index (χ2v) is 7.71. The highest BCUT2D eigenvalue weighted by molar-refractivity contribution is 6.76. The van der Waals surface area contributed by atoms with Crippen LogP contribution in [0, 0.1) is 5.41 Å². The number of esters is 3. The van der Waals surface area contributed by atoms with Crippen molar-refractivity contribution in [1.82, 2.24) is 0 Å². The molecule has 1 heterocycles. The van der Waals surface area contributed by atoms with Gasteiger partial charge in [-0.25, -0.2) is 0 Å². The molecule has 0 aromatic heterocycles. The largest absolute Gasteiger partial charge is 0.475 e. The molecule has 1 rings (SSSR count). The molecule has 10 nitrogen and oxygen atoms in total. The quantitative estimate of drug-likeness (QED) is 0.205. The maximum atomic E-state index is 11.5. The van der Waals surface area contributed by atoms with Gasteiger partial charge in [0.25, 0.3) is 3.79 Å². The number of nitrogens with one attached hydrogen (secondary N) is 1. The maximum Gasteiger partial charge on any atom is 0.303 e. The molecule has 13 heteroatoms. The van der Waals surface area contributed by atoms with Gasteiger partial charge in [-0.05, 0) is 0 Å². The van der Waals surface area contributed by atoms with E-state index < -0.39 is 64.9 Å². The van der Waals surface area contributed by atoms with Gasteiger partial charge >= 0.3 is 17.9 Å². The van der Waals surface area contributed by atoms with Crippen molar-refractivity contribution in [2.45, 2.75) is 55.3 Å². The molecule has 154 valence electrons. The Morgan fingerprint density at radius 2 is 1.41 bits per heavy atom. The molecule has 2 N–H and O–H groups in total. The molecule has 1 aliphatic rings. The lowest BCUT2D eigenvalue weighted by atomic mass is 9.98. The van der Waals surface area contributed by atoms with Crippen molar-refractivity contribution in [2.24, 2.45) is 0 Å². The number of hydrogen-bond donors (Lipinski definition) is 2. The zero-order chi connectivity index (χ0) is 20.9. The summed E-state index contributed by atoms with van der Waals surface area (Å²) in [4.78, 5) is 34.2. The van der Waals surface area contributed by atoms with Crippen LogP contribution in [-0.4, -0.2) is 70.0 Å².